The van der Waals surface area contributed by atoms with Crippen LogP contribution in [0.3, 0.4) is 0 Å². The van der Waals surface area contributed by atoms with E-state index >= 15 is 0 Å². The molecular formula is C5H16BrNO2. The van der Waals surface area contributed by atoms with Gasteiger partial charge in [0.05, 0.1) is 13.2 Å². The van der Waals surface area contributed by atoms with Gasteiger partial charge in [-0.25, -0.2) is 0 Å². The van der Waals surface area contributed by atoms with E-state index in [2.05, 4.69) is 0 Å². The molecule has 0 radical (unpaired) electrons. The molecule has 0 aliphatic carbocycles. The third-order valence-electron chi connectivity index (χ3n) is 0.1000. The van der Waals surface area contributed by atoms with E-state index in [-0.39, 0.29) is 30.2 Å². The Hall–Kier alpha value is 0.360. The molecule has 0 amide bonds. The smallest absolute Gasteiger partial charge is 0.0662 e. The molecule has 2 N–H and O–H groups in total. The summed E-state index contributed by atoms with van der Waals surface area (Å²) in [6, 6.07) is 0. The summed E-state index contributed by atoms with van der Waals surface area (Å²) in [5, 5.41) is 15.2. The summed E-state index contributed by atoms with van der Waals surface area (Å²) in [6.07, 6.45) is 0. The number of aliphatic hydroxyl groups is 2. The number of halogens is 1. The van der Waals surface area contributed by atoms with Crippen LogP contribution in [0.2, 0.25) is 0 Å². The lowest BCUT2D eigenvalue weighted by Gasteiger charge is -1.90. The van der Waals surface area contributed by atoms with E-state index in [1.54, 1.807) is 0 Å². The minimum absolute atomic E-state index is 0. The summed E-state index contributed by atoms with van der Waals surface area (Å²) < 4.78 is 0. The lowest BCUT2D eigenvalue weighted by atomic mass is 10.8. The summed E-state index contributed by atoms with van der Waals surface area (Å²) in [5.74, 6) is 0. The Balaban J connectivity index is -0.0000000720. The molecule has 0 saturated carbocycles. The predicted octanol–water partition coefficient (Wildman–Crippen LogP) is -0.273. The molecule has 0 rings (SSSR count). The third kappa shape index (κ3) is 183. The SMILES string of the molecule is Br.CN(C)C.OCCO. The lowest BCUT2D eigenvalue weighted by Crippen LogP contribution is -1.99. The van der Waals surface area contributed by atoms with Gasteiger partial charge < -0.3 is 15.1 Å². The van der Waals surface area contributed by atoms with Crippen LogP contribution < -0.4 is 0 Å². The van der Waals surface area contributed by atoms with Crippen molar-refractivity contribution >= 4 is 17.0 Å². The van der Waals surface area contributed by atoms with Crippen LogP contribution in [0.25, 0.3) is 0 Å². The van der Waals surface area contributed by atoms with Crippen LogP contribution in [0.4, 0.5) is 0 Å². The van der Waals surface area contributed by atoms with E-state index < -0.39 is 0 Å². The Bertz CT molecular complexity index is 31.4. The second-order valence-corrected chi connectivity index (χ2v) is 1.79. The van der Waals surface area contributed by atoms with Crippen LogP contribution >= 0.6 is 17.0 Å². The number of hydrogen-bond donors (Lipinski definition) is 2. The summed E-state index contributed by atoms with van der Waals surface area (Å²) in [4.78, 5) is 2.00. The van der Waals surface area contributed by atoms with E-state index in [0.717, 1.165) is 0 Å². The van der Waals surface area contributed by atoms with Crippen molar-refractivity contribution in [1.82, 2.24) is 4.90 Å². The Morgan fingerprint density at radius 2 is 1.11 bits per heavy atom. The first-order chi connectivity index (χ1) is 3.65. The molecule has 0 atom stereocenters. The molecule has 0 saturated heterocycles. The van der Waals surface area contributed by atoms with Crippen LogP contribution in [0.15, 0.2) is 0 Å². The molecule has 0 spiro atoms. The maximum absolute atomic E-state index is 7.62. The molecule has 0 aromatic carbocycles. The fourth-order valence-electron chi connectivity index (χ4n) is 0. The normalized spacial score (nSPS) is 7.33. The average Bonchev–Trinajstić information content (AvgIpc) is 1.65. The van der Waals surface area contributed by atoms with Crippen molar-refractivity contribution in [2.24, 2.45) is 0 Å². The van der Waals surface area contributed by atoms with Gasteiger partial charge in [0.2, 0.25) is 0 Å². The summed E-state index contributed by atoms with van der Waals surface area (Å²) >= 11 is 0. The molecule has 3 nitrogen and oxygen atoms in total. The van der Waals surface area contributed by atoms with Gasteiger partial charge in [-0.1, -0.05) is 0 Å². The number of aliphatic hydroxyl groups excluding tert-OH is 2. The van der Waals surface area contributed by atoms with Gasteiger partial charge in [0.15, 0.2) is 0 Å². The van der Waals surface area contributed by atoms with Crippen molar-refractivity contribution in [1.29, 1.82) is 0 Å². The summed E-state index contributed by atoms with van der Waals surface area (Å²) in [5.41, 5.74) is 0. The zero-order valence-electron chi connectivity index (χ0n) is 6.16. The maximum Gasteiger partial charge on any atom is 0.0662 e. The molecule has 0 aromatic rings. The Morgan fingerprint density at radius 1 is 1.00 bits per heavy atom. The van der Waals surface area contributed by atoms with Gasteiger partial charge in [-0.3, -0.25) is 0 Å². The van der Waals surface area contributed by atoms with E-state index in [1.165, 1.54) is 0 Å². The predicted molar refractivity (Wildman–Crippen MR) is 44.1 cm³/mol. The fraction of sp³-hybridized carbons (Fsp3) is 1.00. The number of rotatable bonds is 1. The molecule has 0 bridgehead atoms. The monoisotopic (exact) mass is 201 g/mol. The van der Waals surface area contributed by atoms with E-state index in [9.17, 15) is 0 Å². The Kier molecular flexibility index (Phi) is 28.3. The average molecular weight is 202 g/mol. The van der Waals surface area contributed by atoms with E-state index in [1.807, 2.05) is 26.0 Å². The molecule has 0 fully saturated rings. The highest BCUT2D eigenvalue weighted by molar-refractivity contribution is 8.93. The first kappa shape index (κ1) is 16.2. The zero-order chi connectivity index (χ0) is 6.99. The van der Waals surface area contributed by atoms with Gasteiger partial charge in [-0.2, -0.15) is 0 Å². The van der Waals surface area contributed by atoms with Crippen molar-refractivity contribution in [3.05, 3.63) is 0 Å². The quantitative estimate of drug-likeness (QED) is 0.615. The second kappa shape index (κ2) is 15.8. The summed E-state index contributed by atoms with van der Waals surface area (Å²) in [7, 11) is 6.00. The largest absolute Gasteiger partial charge is 0.394 e. The van der Waals surface area contributed by atoms with Crippen molar-refractivity contribution in [3.8, 4) is 0 Å². The van der Waals surface area contributed by atoms with Crippen LogP contribution in [0.1, 0.15) is 0 Å². The molecule has 60 valence electrons. The van der Waals surface area contributed by atoms with Crippen LogP contribution in [-0.2, 0) is 0 Å². The lowest BCUT2D eigenvalue weighted by molar-refractivity contribution is 0.186. The van der Waals surface area contributed by atoms with Crippen molar-refractivity contribution in [2.45, 2.75) is 0 Å². The van der Waals surface area contributed by atoms with Gasteiger partial charge in [-0.15, -0.1) is 17.0 Å². The van der Waals surface area contributed by atoms with Crippen molar-refractivity contribution < 1.29 is 10.2 Å². The van der Waals surface area contributed by atoms with E-state index in [4.69, 9.17) is 10.2 Å². The summed E-state index contributed by atoms with van der Waals surface area (Å²) in [6.45, 7) is -0.250. The first-order valence-electron chi connectivity index (χ1n) is 2.47. The van der Waals surface area contributed by atoms with Gasteiger partial charge in [0.1, 0.15) is 0 Å². The molecule has 0 aliphatic heterocycles. The topological polar surface area (TPSA) is 43.7 Å². The Labute approximate surface area is 67.1 Å². The van der Waals surface area contributed by atoms with Gasteiger partial charge in [0, 0.05) is 0 Å². The molecule has 0 unspecified atom stereocenters. The highest BCUT2D eigenvalue weighted by Gasteiger charge is 1.58. The number of hydrogen-bond acceptors (Lipinski definition) is 3. The standard InChI is InChI=1S/C3H9N.C2H6O2.BrH/c1-4(2)3;3-1-2-4;/h1-3H3;3-4H,1-2H2;1H. The van der Waals surface area contributed by atoms with Crippen LogP contribution in [-0.4, -0.2) is 49.5 Å². The van der Waals surface area contributed by atoms with Crippen LogP contribution in [0.5, 0.6) is 0 Å². The van der Waals surface area contributed by atoms with Gasteiger partial charge in [0.25, 0.3) is 0 Å². The molecule has 4 heteroatoms. The fourth-order valence-corrected chi connectivity index (χ4v) is 0. The minimum atomic E-state index is -0.125. The molecule has 0 heterocycles. The second-order valence-electron chi connectivity index (χ2n) is 1.79. The van der Waals surface area contributed by atoms with Gasteiger partial charge >= 0.3 is 0 Å². The molecular weight excluding hydrogens is 186 g/mol. The van der Waals surface area contributed by atoms with Gasteiger partial charge in [-0.05, 0) is 21.1 Å². The highest BCUT2D eigenvalue weighted by Crippen LogP contribution is 1.47. The molecule has 0 aromatic heterocycles. The van der Waals surface area contributed by atoms with Crippen LogP contribution in [0, 0.1) is 0 Å². The third-order valence-corrected chi connectivity index (χ3v) is 0.1000. The number of nitrogens with zero attached hydrogens (tertiary/aromatic N) is 1. The van der Waals surface area contributed by atoms with Crippen molar-refractivity contribution in [2.75, 3.05) is 34.4 Å². The molecule has 0 aliphatic rings. The first-order valence-corrected chi connectivity index (χ1v) is 2.47. The Morgan fingerprint density at radius 3 is 1.11 bits per heavy atom. The highest BCUT2D eigenvalue weighted by atomic mass is 79.9. The minimum Gasteiger partial charge on any atom is -0.394 e. The maximum atomic E-state index is 7.62. The van der Waals surface area contributed by atoms with Crippen molar-refractivity contribution in [3.63, 3.8) is 0 Å². The van der Waals surface area contributed by atoms with E-state index in [0.29, 0.717) is 0 Å². The zero-order valence-corrected chi connectivity index (χ0v) is 7.88. The molecule has 9 heavy (non-hydrogen) atoms.